The third-order valence-corrected chi connectivity index (χ3v) is 2.96. The molecule has 2 heterocycles. The fraction of sp³-hybridized carbons (Fsp3) is 0.636. The van der Waals surface area contributed by atoms with Crippen LogP contribution in [0.1, 0.15) is 23.7 Å². The average Bonchev–Trinajstić information content (AvgIpc) is 2.67. The van der Waals surface area contributed by atoms with Gasteiger partial charge in [0.25, 0.3) is 0 Å². The van der Waals surface area contributed by atoms with Crippen LogP contribution >= 0.6 is 0 Å². The second-order valence-electron chi connectivity index (χ2n) is 4.22. The van der Waals surface area contributed by atoms with Gasteiger partial charge in [0.15, 0.2) is 0 Å². The standard InChI is InChI=1S/C11H18N4/c1-15-5-3-9(8-15)10-6-13-11(2-4-12)14-7-10/h6-7,9H,2-5,8,12H2,1H3. The number of likely N-dealkylation sites (N-methyl/N-ethyl adjacent to an activating group) is 1. The summed E-state index contributed by atoms with van der Waals surface area (Å²) in [4.78, 5) is 11.0. The summed E-state index contributed by atoms with van der Waals surface area (Å²) < 4.78 is 0. The van der Waals surface area contributed by atoms with Crippen molar-refractivity contribution < 1.29 is 0 Å². The molecule has 2 N–H and O–H groups in total. The molecule has 1 unspecified atom stereocenters. The molecular formula is C11H18N4. The van der Waals surface area contributed by atoms with E-state index in [9.17, 15) is 0 Å². The van der Waals surface area contributed by atoms with E-state index in [0.717, 1.165) is 18.8 Å². The van der Waals surface area contributed by atoms with Crippen LogP contribution in [0.4, 0.5) is 0 Å². The van der Waals surface area contributed by atoms with Gasteiger partial charge in [0.1, 0.15) is 5.82 Å². The first kappa shape index (κ1) is 10.5. The Morgan fingerprint density at radius 3 is 2.73 bits per heavy atom. The normalized spacial score (nSPS) is 22.1. The molecule has 0 saturated carbocycles. The summed E-state index contributed by atoms with van der Waals surface area (Å²) in [5, 5.41) is 0. The molecule has 15 heavy (non-hydrogen) atoms. The molecule has 4 nitrogen and oxygen atoms in total. The molecule has 0 radical (unpaired) electrons. The van der Waals surface area contributed by atoms with Crippen molar-refractivity contribution >= 4 is 0 Å². The first-order chi connectivity index (χ1) is 7.29. The van der Waals surface area contributed by atoms with Gasteiger partial charge in [0.2, 0.25) is 0 Å². The number of rotatable bonds is 3. The highest BCUT2D eigenvalue weighted by molar-refractivity contribution is 5.14. The topological polar surface area (TPSA) is 55.0 Å². The number of likely N-dealkylation sites (tertiary alicyclic amines) is 1. The van der Waals surface area contributed by atoms with Crippen LogP contribution in [0.3, 0.4) is 0 Å². The van der Waals surface area contributed by atoms with Gasteiger partial charge in [0.05, 0.1) is 0 Å². The minimum absolute atomic E-state index is 0.613. The number of hydrogen-bond donors (Lipinski definition) is 1. The highest BCUT2D eigenvalue weighted by Crippen LogP contribution is 2.24. The highest BCUT2D eigenvalue weighted by atomic mass is 15.1. The maximum absolute atomic E-state index is 5.45. The van der Waals surface area contributed by atoms with Crippen molar-refractivity contribution in [2.75, 3.05) is 26.7 Å². The van der Waals surface area contributed by atoms with E-state index in [1.54, 1.807) is 0 Å². The van der Waals surface area contributed by atoms with Crippen LogP contribution in [-0.2, 0) is 6.42 Å². The molecule has 1 aromatic rings. The molecule has 1 saturated heterocycles. The van der Waals surface area contributed by atoms with Crippen molar-refractivity contribution in [2.45, 2.75) is 18.8 Å². The van der Waals surface area contributed by atoms with Crippen molar-refractivity contribution in [2.24, 2.45) is 5.73 Å². The van der Waals surface area contributed by atoms with E-state index < -0.39 is 0 Å². The van der Waals surface area contributed by atoms with Gasteiger partial charge in [-0.3, -0.25) is 0 Å². The first-order valence-corrected chi connectivity index (χ1v) is 5.49. The third-order valence-electron chi connectivity index (χ3n) is 2.96. The number of nitrogens with zero attached hydrogens (tertiary/aromatic N) is 3. The maximum atomic E-state index is 5.45. The van der Waals surface area contributed by atoms with Crippen LogP contribution in [-0.4, -0.2) is 41.5 Å². The molecule has 0 bridgehead atoms. The minimum atomic E-state index is 0.613. The lowest BCUT2D eigenvalue weighted by molar-refractivity contribution is 0.411. The fourth-order valence-electron chi connectivity index (χ4n) is 2.04. The molecule has 1 aliphatic heterocycles. The zero-order chi connectivity index (χ0) is 10.7. The zero-order valence-corrected chi connectivity index (χ0v) is 9.19. The van der Waals surface area contributed by atoms with Crippen molar-refractivity contribution in [1.82, 2.24) is 14.9 Å². The summed E-state index contributed by atoms with van der Waals surface area (Å²) in [7, 11) is 2.16. The smallest absolute Gasteiger partial charge is 0.129 e. The summed E-state index contributed by atoms with van der Waals surface area (Å²) in [6.45, 7) is 2.92. The molecule has 82 valence electrons. The molecule has 1 aliphatic rings. The number of nitrogens with two attached hydrogens (primary N) is 1. The largest absolute Gasteiger partial charge is 0.330 e. The Balaban J connectivity index is 2.03. The van der Waals surface area contributed by atoms with Gasteiger partial charge in [0, 0.05) is 31.3 Å². The van der Waals surface area contributed by atoms with Crippen molar-refractivity contribution in [3.8, 4) is 0 Å². The second kappa shape index (κ2) is 4.68. The SMILES string of the molecule is CN1CCC(c2cnc(CCN)nc2)C1. The van der Waals surface area contributed by atoms with Crippen molar-refractivity contribution in [3.05, 3.63) is 23.8 Å². The molecule has 1 aromatic heterocycles. The van der Waals surface area contributed by atoms with Crippen LogP contribution in [0.15, 0.2) is 12.4 Å². The summed E-state index contributed by atoms with van der Waals surface area (Å²) >= 11 is 0. The van der Waals surface area contributed by atoms with E-state index in [1.165, 1.54) is 18.5 Å². The van der Waals surface area contributed by atoms with E-state index in [-0.39, 0.29) is 0 Å². The van der Waals surface area contributed by atoms with Gasteiger partial charge in [-0.05, 0) is 32.1 Å². The van der Waals surface area contributed by atoms with Crippen LogP contribution in [0.2, 0.25) is 0 Å². The fourth-order valence-corrected chi connectivity index (χ4v) is 2.04. The molecule has 0 aliphatic carbocycles. The van der Waals surface area contributed by atoms with Crippen LogP contribution in [0.5, 0.6) is 0 Å². The van der Waals surface area contributed by atoms with Gasteiger partial charge in [-0.1, -0.05) is 0 Å². The van der Waals surface area contributed by atoms with Crippen LogP contribution in [0.25, 0.3) is 0 Å². The lowest BCUT2D eigenvalue weighted by Crippen LogP contribution is -2.13. The summed E-state index contributed by atoms with van der Waals surface area (Å²) in [6, 6.07) is 0. The van der Waals surface area contributed by atoms with E-state index in [4.69, 9.17) is 5.73 Å². The van der Waals surface area contributed by atoms with Crippen molar-refractivity contribution in [3.63, 3.8) is 0 Å². The Morgan fingerprint density at radius 2 is 2.20 bits per heavy atom. The van der Waals surface area contributed by atoms with Gasteiger partial charge in [-0.2, -0.15) is 0 Å². The molecule has 1 fully saturated rings. The Morgan fingerprint density at radius 1 is 1.47 bits per heavy atom. The van der Waals surface area contributed by atoms with E-state index in [0.29, 0.717) is 12.5 Å². The van der Waals surface area contributed by atoms with Crippen LogP contribution in [0, 0.1) is 0 Å². The number of hydrogen-bond acceptors (Lipinski definition) is 4. The van der Waals surface area contributed by atoms with Crippen molar-refractivity contribution in [1.29, 1.82) is 0 Å². The summed E-state index contributed by atoms with van der Waals surface area (Å²) in [6.07, 6.45) is 5.91. The Bertz CT molecular complexity index is 309. The Kier molecular flexibility index (Phi) is 3.28. The quantitative estimate of drug-likeness (QED) is 0.777. The molecule has 0 spiro atoms. The molecule has 1 atom stereocenters. The Hall–Kier alpha value is -1.00. The van der Waals surface area contributed by atoms with Gasteiger partial charge in [-0.25, -0.2) is 9.97 Å². The van der Waals surface area contributed by atoms with Gasteiger partial charge in [-0.15, -0.1) is 0 Å². The lowest BCUT2D eigenvalue weighted by Gasteiger charge is -2.10. The maximum Gasteiger partial charge on any atom is 0.129 e. The first-order valence-electron chi connectivity index (χ1n) is 5.49. The summed E-state index contributed by atoms with van der Waals surface area (Å²) in [5.74, 6) is 1.47. The molecule has 4 heteroatoms. The second-order valence-corrected chi connectivity index (χ2v) is 4.22. The highest BCUT2D eigenvalue weighted by Gasteiger charge is 2.21. The predicted octanol–water partition coefficient (Wildman–Crippen LogP) is 0.397. The van der Waals surface area contributed by atoms with E-state index in [2.05, 4.69) is 21.9 Å². The molecular weight excluding hydrogens is 188 g/mol. The Labute approximate surface area is 90.5 Å². The van der Waals surface area contributed by atoms with Gasteiger partial charge < -0.3 is 10.6 Å². The summed E-state index contributed by atoms with van der Waals surface area (Å²) in [5.41, 5.74) is 6.72. The third kappa shape index (κ3) is 2.52. The van der Waals surface area contributed by atoms with E-state index >= 15 is 0 Å². The monoisotopic (exact) mass is 206 g/mol. The predicted molar refractivity (Wildman–Crippen MR) is 59.6 cm³/mol. The molecule has 0 amide bonds. The molecule has 0 aromatic carbocycles. The molecule has 2 rings (SSSR count). The van der Waals surface area contributed by atoms with Crippen LogP contribution < -0.4 is 5.73 Å². The van der Waals surface area contributed by atoms with Gasteiger partial charge >= 0.3 is 0 Å². The number of aromatic nitrogens is 2. The average molecular weight is 206 g/mol. The minimum Gasteiger partial charge on any atom is -0.330 e. The zero-order valence-electron chi connectivity index (χ0n) is 9.19. The lowest BCUT2D eigenvalue weighted by atomic mass is 10.0. The van der Waals surface area contributed by atoms with E-state index in [1.807, 2.05) is 12.4 Å².